The normalized spacial score (nSPS) is 14.9. The fourth-order valence-corrected chi connectivity index (χ4v) is 2.72. The second kappa shape index (κ2) is 4.00. The SMILES string of the molecule is CCn1c2c(c3cc(C=O)ccc31)COCC2. The molecule has 1 aliphatic heterocycles. The zero-order valence-corrected chi connectivity index (χ0v) is 9.90. The minimum atomic E-state index is 0.668. The lowest BCUT2D eigenvalue weighted by atomic mass is 10.1. The molecule has 0 fully saturated rings. The van der Waals surface area contributed by atoms with Gasteiger partial charge in [-0.05, 0) is 25.1 Å². The maximum absolute atomic E-state index is 10.9. The smallest absolute Gasteiger partial charge is 0.150 e. The van der Waals surface area contributed by atoms with Gasteiger partial charge in [-0.25, -0.2) is 0 Å². The minimum absolute atomic E-state index is 0.668. The number of aromatic nitrogens is 1. The molecule has 1 aliphatic rings. The van der Waals surface area contributed by atoms with Crippen molar-refractivity contribution in [3.63, 3.8) is 0 Å². The summed E-state index contributed by atoms with van der Waals surface area (Å²) >= 11 is 0. The number of hydrogen-bond donors (Lipinski definition) is 0. The van der Waals surface area contributed by atoms with Crippen LogP contribution in [0.5, 0.6) is 0 Å². The van der Waals surface area contributed by atoms with Gasteiger partial charge in [-0.2, -0.15) is 0 Å². The average molecular weight is 229 g/mol. The molecule has 3 nitrogen and oxygen atoms in total. The van der Waals surface area contributed by atoms with Crippen molar-refractivity contribution in [3.05, 3.63) is 35.0 Å². The summed E-state index contributed by atoms with van der Waals surface area (Å²) in [4.78, 5) is 10.9. The molecule has 3 rings (SSSR count). The number of benzene rings is 1. The molecule has 88 valence electrons. The van der Waals surface area contributed by atoms with Gasteiger partial charge in [0.25, 0.3) is 0 Å². The zero-order valence-electron chi connectivity index (χ0n) is 9.90. The van der Waals surface area contributed by atoms with Crippen LogP contribution in [0.2, 0.25) is 0 Å². The molecular formula is C14H15NO2. The lowest BCUT2D eigenvalue weighted by Crippen LogP contribution is -2.12. The largest absolute Gasteiger partial charge is 0.376 e. The van der Waals surface area contributed by atoms with Crippen molar-refractivity contribution < 1.29 is 9.53 Å². The third-order valence-corrected chi connectivity index (χ3v) is 3.49. The third kappa shape index (κ3) is 1.50. The highest BCUT2D eigenvalue weighted by atomic mass is 16.5. The lowest BCUT2D eigenvalue weighted by Gasteiger charge is -2.15. The molecule has 0 amide bonds. The van der Waals surface area contributed by atoms with E-state index in [0.717, 1.165) is 31.4 Å². The zero-order chi connectivity index (χ0) is 11.8. The van der Waals surface area contributed by atoms with Crippen LogP contribution in [0.25, 0.3) is 10.9 Å². The van der Waals surface area contributed by atoms with E-state index in [-0.39, 0.29) is 0 Å². The molecule has 1 aromatic heterocycles. The summed E-state index contributed by atoms with van der Waals surface area (Å²) in [5, 5.41) is 1.17. The van der Waals surface area contributed by atoms with Crippen LogP contribution in [-0.2, 0) is 24.3 Å². The van der Waals surface area contributed by atoms with Gasteiger partial charge in [0, 0.05) is 40.7 Å². The number of fused-ring (bicyclic) bond motifs is 3. The first-order valence-electron chi connectivity index (χ1n) is 6.02. The van der Waals surface area contributed by atoms with Crippen LogP contribution in [0.3, 0.4) is 0 Å². The summed E-state index contributed by atoms with van der Waals surface area (Å²) in [6.07, 6.45) is 1.87. The topological polar surface area (TPSA) is 31.2 Å². The molecule has 0 saturated heterocycles. The van der Waals surface area contributed by atoms with Crippen molar-refractivity contribution in [2.75, 3.05) is 6.61 Å². The van der Waals surface area contributed by atoms with Crippen LogP contribution in [0.15, 0.2) is 18.2 Å². The summed E-state index contributed by atoms with van der Waals surface area (Å²) in [7, 11) is 0. The van der Waals surface area contributed by atoms with E-state index in [0.29, 0.717) is 6.61 Å². The maximum Gasteiger partial charge on any atom is 0.150 e. The number of rotatable bonds is 2. The van der Waals surface area contributed by atoms with Gasteiger partial charge in [-0.1, -0.05) is 0 Å². The Morgan fingerprint density at radius 2 is 2.35 bits per heavy atom. The van der Waals surface area contributed by atoms with Crippen molar-refractivity contribution in [1.82, 2.24) is 4.57 Å². The molecule has 0 aliphatic carbocycles. The quantitative estimate of drug-likeness (QED) is 0.741. The van der Waals surface area contributed by atoms with Crippen LogP contribution < -0.4 is 0 Å². The number of carbonyl (C=O) groups is 1. The highest BCUT2D eigenvalue weighted by Crippen LogP contribution is 2.30. The molecule has 0 unspecified atom stereocenters. The Balaban J connectivity index is 2.34. The Bertz CT molecular complexity index is 583. The summed E-state index contributed by atoms with van der Waals surface area (Å²) < 4.78 is 7.87. The van der Waals surface area contributed by atoms with E-state index in [1.54, 1.807) is 0 Å². The first kappa shape index (κ1) is 10.5. The molecule has 0 bridgehead atoms. The Kier molecular flexibility index (Phi) is 2.48. The lowest BCUT2D eigenvalue weighted by molar-refractivity contribution is 0.109. The molecule has 3 heteroatoms. The molecule has 2 heterocycles. The maximum atomic E-state index is 10.9. The minimum Gasteiger partial charge on any atom is -0.376 e. The molecule has 17 heavy (non-hydrogen) atoms. The van der Waals surface area contributed by atoms with Crippen molar-refractivity contribution in [1.29, 1.82) is 0 Å². The highest BCUT2D eigenvalue weighted by molar-refractivity contribution is 5.91. The van der Waals surface area contributed by atoms with Gasteiger partial charge in [-0.3, -0.25) is 4.79 Å². The fraction of sp³-hybridized carbons (Fsp3) is 0.357. The summed E-state index contributed by atoms with van der Waals surface area (Å²) in [6, 6.07) is 5.90. The molecule has 1 aromatic carbocycles. The van der Waals surface area contributed by atoms with Crippen LogP contribution in [0.1, 0.15) is 28.5 Å². The average Bonchev–Trinajstić information content (AvgIpc) is 2.71. The van der Waals surface area contributed by atoms with E-state index >= 15 is 0 Å². The summed E-state index contributed by atoms with van der Waals surface area (Å²) in [5.41, 5.74) is 4.58. The van der Waals surface area contributed by atoms with E-state index in [2.05, 4.69) is 11.5 Å². The van der Waals surface area contributed by atoms with E-state index < -0.39 is 0 Å². The second-order valence-corrected chi connectivity index (χ2v) is 4.37. The van der Waals surface area contributed by atoms with Crippen LogP contribution in [0, 0.1) is 0 Å². The first-order chi connectivity index (χ1) is 8.35. The fourth-order valence-electron chi connectivity index (χ4n) is 2.72. The van der Waals surface area contributed by atoms with Gasteiger partial charge in [-0.15, -0.1) is 0 Å². The Morgan fingerprint density at radius 3 is 3.12 bits per heavy atom. The number of hydrogen-bond acceptors (Lipinski definition) is 2. The van der Waals surface area contributed by atoms with Crippen molar-refractivity contribution in [2.24, 2.45) is 0 Å². The predicted octanol–water partition coefficient (Wildman–Crippen LogP) is 2.55. The number of nitrogens with zero attached hydrogens (tertiary/aromatic N) is 1. The van der Waals surface area contributed by atoms with Crippen LogP contribution >= 0.6 is 0 Å². The molecule has 0 saturated carbocycles. The Labute approximate surface area is 100.0 Å². The number of carbonyl (C=O) groups excluding carboxylic acids is 1. The van der Waals surface area contributed by atoms with Gasteiger partial charge < -0.3 is 9.30 Å². The second-order valence-electron chi connectivity index (χ2n) is 4.37. The van der Waals surface area contributed by atoms with E-state index in [1.165, 1.54) is 22.2 Å². The molecule has 2 aromatic rings. The van der Waals surface area contributed by atoms with Gasteiger partial charge in [0.05, 0.1) is 13.2 Å². The molecule has 0 N–H and O–H groups in total. The first-order valence-corrected chi connectivity index (χ1v) is 6.02. The van der Waals surface area contributed by atoms with Crippen molar-refractivity contribution in [2.45, 2.75) is 26.5 Å². The van der Waals surface area contributed by atoms with Gasteiger partial charge in [0.1, 0.15) is 6.29 Å². The van der Waals surface area contributed by atoms with E-state index in [9.17, 15) is 4.79 Å². The van der Waals surface area contributed by atoms with Crippen LogP contribution in [0.4, 0.5) is 0 Å². The van der Waals surface area contributed by atoms with Crippen molar-refractivity contribution in [3.8, 4) is 0 Å². The number of aryl methyl sites for hydroxylation is 1. The van der Waals surface area contributed by atoms with Gasteiger partial charge >= 0.3 is 0 Å². The standard InChI is InChI=1S/C14H15NO2/c1-2-15-13-4-3-10(8-16)7-11(13)12-9-17-6-5-14(12)15/h3-4,7-8H,2,5-6,9H2,1H3. The number of ether oxygens (including phenoxy) is 1. The Hall–Kier alpha value is -1.61. The molecule has 0 spiro atoms. The monoisotopic (exact) mass is 229 g/mol. The molecular weight excluding hydrogens is 214 g/mol. The molecule has 0 radical (unpaired) electrons. The van der Waals surface area contributed by atoms with E-state index in [4.69, 9.17) is 4.74 Å². The predicted molar refractivity (Wildman–Crippen MR) is 66.4 cm³/mol. The summed E-state index contributed by atoms with van der Waals surface area (Å²) in [5.74, 6) is 0. The highest BCUT2D eigenvalue weighted by Gasteiger charge is 2.19. The Morgan fingerprint density at radius 1 is 1.47 bits per heavy atom. The van der Waals surface area contributed by atoms with Gasteiger partial charge in [0.2, 0.25) is 0 Å². The van der Waals surface area contributed by atoms with E-state index in [1.807, 2.05) is 18.2 Å². The summed E-state index contributed by atoms with van der Waals surface area (Å²) in [6.45, 7) is 4.58. The number of aldehydes is 1. The molecule has 0 atom stereocenters. The van der Waals surface area contributed by atoms with Crippen molar-refractivity contribution >= 4 is 17.2 Å². The van der Waals surface area contributed by atoms with Crippen LogP contribution in [-0.4, -0.2) is 17.5 Å². The third-order valence-electron chi connectivity index (χ3n) is 3.49. The van der Waals surface area contributed by atoms with Gasteiger partial charge in [0.15, 0.2) is 0 Å².